The van der Waals surface area contributed by atoms with E-state index in [2.05, 4.69) is 26.5 Å². The number of hydrogen-bond donors (Lipinski definition) is 1. The van der Waals surface area contributed by atoms with E-state index >= 15 is 0 Å². The van der Waals surface area contributed by atoms with Gasteiger partial charge in [-0.05, 0) is 76.9 Å². The fourth-order valence-electron chi connectivity index (χ4n) is 2.58. The third-order valence-electron chi connectivity index (χ3n) is 4.04. The molecule has 0 radical (unpaired) electrons. The van der Waals surface area contributed by atoms with Gasteiger partial charge in [-0.2, -0.15) is 13.5 Å². The van der Waals surface area contributed by atoms with Crippen molar-refractivity contribution in [3.8, 4) is 11.5 Å². The van der Waals surface area contributed by atoms with Crippen LogP contribution in [0.15, 0.2) is 81.2 Å². The van der Waals surface area contributed by atoms with Gasteiger partial charge in [0, 0.05) is 10.6 Å². The molecule has 0 unspecified atom stereocenters. The quantitative estimate of drug-likeness (QED) is 0.247. The molecule has 3 aromatic rings. The zero-order chi connectivity index (χ0) is 23.1. The van der Waals surface area contributed by atoms with Crippen LogP contribution in [-0.2, 0) is 10.1 Å². The minimum atomic E-state index is -4.06. The molecule has 10 heteroatoms. The second-order valence-corrected chi connectivity index (χ2v) is 9.16. The molecule has 0 aliphatic carbocycles. The molecule has 0 atom stereocenters. The predicted octanol–water partition coefficient (Wildman–Crippen LogP) is 5.03. The Morgan fingerprint density at radius 3 is 2.47 bits per heavy atom. The van der Waals surface area contributed by atoms with Gasteiger partial charge in [0.2, 0.25) is 0 Å². The molecular formula is C22H18BrClN2O5S. The van der Waals surface area contributed by atoms with Crippen LogP contribution in [0, 0.1) is 0 Å². The number of hydrazone groups is 1. The maximum absolute atomic E-state index is 12.6. The number of hydrogen-bond acceptors (Lipinski definition) is 6. The molecule has 0 bridgehead atoms. The summed E-state index contributed by atoms with van der Waals surface area (Å²) in [6.45, 7) is 2.04. The van der Waals surface area contributed by atoms with Crippen molar-refractivity contribution in [1.82, 2.24) is 5.43 Å². The summed E-state index contributed by atoms with van der Waals surface area (Å²) in [6, 6.07) is 17.3. The molecule has 0 aliphatic heterocycles. The van der Waals surface area contributed by atoms with E-state index in [9.17, 15) is 13.2 Å². The van der Waals surface area contributed by atoms with Crippen LogP contribution in [0.4, 0.5) is 0 Å². The van der Waals surface area contributed by atoms with E-state index in [1.54, 1.807) is 61.5 Å². The topological polar surface area (TPSA) is 94.1 Å². The summed E-state index contributed by atoms with van der Waals surface area (Å²) < 4.78 is 36.5. The van der Waals surface area contributed by atoms with Crippen LogP contribution in [0.2, 0.25) is 5.02 Å². The first-order chi connectivity index (χ1) is 15.3. The lowest BCUT2D eigenvalue weighted by Crippen LogP contribution is -2.17. The van der Waals surface area contributed by atoms with E-state index in [-0.39, 0.29) is 23.0 Å². The van der Waals surface area contributed by atoms with Crippen LogP contribution in [0.1, 0.15) is 22.8 Å². The molecule has 0 saturated heterocycles. The van der Waals surface area contributed by atoms with Crippen molar-refractivity contribution in [3.63, 3.8) is 0 Å². The molecule has 7 nitrogen and oxygen atoms in total. The van der Waals surface area contributed by atoms with Gasteiger partial charge in [-0.15, -0.1) is 0 Å². The third kappa shape index (κ3) is 6.09. The zero-order valence-electron chi connectivity index (χ0n) is 16.8. The van der Waals surface area contributed by atoms with Crippen molar-refractivity contribution in [2.24, 2.45) is 5.10 Å². The summed E-state index contributed by atoms with van der Waals surface area (Å²) >= 11 is 9.14. The Morgan fingerprint density at radius 2 is 1.81 bits per heavy atom. The largest absolute Gasteiger partial charge is 0.490 e. The van der Waals surface area contributed by atoms with Crippen LogP contribution >= 0.6 is 27.5 Å². The fourth-order valence-corrected chi connectivity index (χ4v) is 4.33. The van der Waals surface area contributed by atoms with Crippen LogP contribution < -0.4 is 14.3 Å². The standard InChI is InChI=1S/C22H18BrClN2O5S/c1-2-30-20-13-15(14-25-26-22(27)16-8-10-17(24)11-9-16)12-19(23)21(20)31-32(28,29)18-6-4-3-5-7-18/h3-14H,2H2,1H3,(H,26,27)/b25-14-. The lowest BCUT2D eigenvalue weighted by atomic mass is 10.2. The average Bonchev–Trinajstić information content (AvgIpc) is 2.77. The van der Waals surface area contributed by atoms with E-state index < -0.39 is 16.0 Å². The maximum atomic E-state index is 12.6. The Balaban J connectivity index is 1.81. The van der Waals surface area contributed by atoms with Gasteiger partial charge < -0.3 is 8.92 Å². The second kappa shape index (κ2) is 10.6. The molecule has 3 rings (SSSR count). The minimum absolute atomic E-state index is 0.0121. The molecule has 32 heavy (non-hydrogen) atoms. The lowest BCUT2D eigenvalue weighted by molar-refractivity contribution is 0.0955. The smallest absolute Gasteiger partial charge is 0.339 e. The van der Waals surface area contributed by atoms with Gasteiger partial charge in [-0.1, -0.05) is 29.8 Å². The molecule has 0 spiro atoms. The highest BCUT2D eigenvalue weighted by Crippen LogP contribution is 2.38. The van der Waals surface area contributed by atoms with Crippen molar-refractivity contribution >= 4 is 49.8 Å². The van der Waals surface area contributed by atoms with Gasteiger partial charge in [0.25, 0.3) is 5.91 Å². The molecule has 0 aliphatic rings. The second-order valence-electron chi connectivity index (χ2n) is 6.32. The summed E-state index contributed by atoms with van der Waals surface area (Å²) in [5, 5.41) is 4.46. The van der Waals surface area contributed by atoms with Crippen molar-refractivity contribution in [3.05, 3.63) is 87.4 Å². The number of nitrogens with one attached hydrogen (secondary N) is 1. The first kappa shape index (κ1) is 23.8. The first-order valence-electron chi connectivity index (χ1n) is 9.35. The van der Waals surface area contributed by atoms with E-state index in [1.165, 1.54) is 18.3 Å². The summed E-state index contributed by atoms with van der Waals surface area (Å²) in [5.41, 5.74) is 3.36. The molecule has 1 N–H and O–H groups in total. The molecule has 0 fully saturated rings. The molecular weight excluding hydrogens is 520 g/mol. The highest BCUT2D eigenvalue weighted by atomic mass is 79.9. The Bertz CT molecular complexity index is 1230. The van der Waals surface area contributed by atoms with Crippen molar-refractivity contribution in [2.75, 3.05) is 6.61 Å². The maximum Gasteiger partial charge on any atom is 0.339 e. The number of ether oxygens (including phenoxy) is 1. The predicted molar refractivity (Wildman–Crippen MR) is 126 cm³/mol. The molecule has 1 amide bonds. The SMILES string of the molecule is CCOc1cc(/C=N\NC(=O)c2ccc(Cl)cc2)cc(Br)c1OS(=O)(=O)c1ccccc1. The summed E-state index contributed by atoms with van der Waals surface area (Å²) in [4.78, 5) is 12.2. The first-order valence-corrected chi connectivity index (χ1v) is 11.9. The van der Waals surface area contributed by atoms with E-state index in [0.717, 1.165) is 0 Å². The Hall–Kier alpha value is -2.88. The number of benzene rings is 3. The van der Waals surface area contributed by atoms with Gasteiger partial charge in [-0.25, -0.2) is 5.43 Å². The van der Waals surface area contributed by atoms with Crippen LogP contribution in [0.3, 0.4) is 0 Å². The zero-order valence-corrected chi connectivity index (χ0v) is 19.9. The van der Waals surface area contributed by atoms with Crippen LogP contribution in [0.25, 0.3) is 0 Å². The van der Waals surface area contributed by atoms with E-state index in [0.29, 0.717) is 20.6 Å². The highest BCUT2D eigenvalue weighted by Gasteiger charge is 2.22. The number of carbonyl (C=O) groups excluding carboxylic acids is 1. The third-order valence-corrected chi connectivity index (χ3v) is 6.12. The molecule has 0 aromatic heterocycles. The minimum Gasteiger partial charge on any atom is -0.490 e. The number of halogens is 2. The molecule has 0 saturated carbocycles. The lowest BCUT2D eigenvalue weighted by Gasteiger charge is -2.14. The monoisotopic (exact) mass is 536 g/mol. The van der Waals surface area contributed by atoms with E-state index in [1.807, 2.05) is 0 Å². The molecule has 0 heterocycles. The number of amides is 1. The Morgan fingerprint density at radius 1 is 1.12 bits per heavy atom. The van der Waals surface area contributed by atoms with Crippen molar-refractivity contribution < 1.29 is 22.1 Å². The Kier molecular flexibility index (Phi) is 7.89. The van der Waals surface area contributed by atoms with E-state index in [4.69, 9.17) is 20.5 Å². The summed E-state index contributed by atoms with van der Waals surface area (Å²) in [7, 11) is -4.06. The van der Waals surface area contributed by atoms with Gasteiger partial charge in [0.1, 0.15) is 4.90 Å². The van der Waals surface area contributed by atoms with Crippen LogP contribution in [-0.4, -0.2) is 27.1 Å². The van der Waals surface area contributed by atoms with Crippen molar-refractivity contribution in [2.45, 2.75) is 11.8 Å². The van der Waals surface area contributed by atoms with Gasteiger partial charge >= 0.3 is 10.1 Å². The van der Waals surface area contributed by atoms with Gasteiger partial charge in [0.15, 0.2) is 11.5 Å². The number of nitrogens with zero attached hydrogens (tertiary/aromatic N) is 1. The normalized spacial score (nSPS) is 11.3. The highest BCUT2D eigenvalue weighted by molar-refractivity contribution is 9.10. The fraction of sp³-hybridized carbons (Fsp3) is 0.0909. The number of carbonyl (C=O) groups is 1. The van der Waals surface area contributed by atoms with Crippen LogP contribution in [0.5, 0.6) is 11.5 Å². The summed E-state index contributed by atoms with van der Waals surface area (Å²) in [5.74, 6) is -0.194. The van der Waals surface area contributed by atoms with Gasteiger partial charge in [0.05, 0.1) is 17.3 Å². The Labute approximate surface area is 199 Å². The summed E-state index contributed by atoms with van der Waals surface area (Å²) in [6.07, 6.45) is 1.40. The average molecular weight is 538 g/mol. The number of rotatable bonds is 8. The van der Waals surface area contributed by atoms with Gasteiger partial charge in [-0.3, -0.25) is 4.79 Å². The molecule has 3 aromatic carbocycles. The van der Waals surface area contributed by atoms with Crippen molar-refractivity contribution in [1.29, 1.82) is 0 Å². The molecule has 166 valence electrons.